The smallest absolute Gasteiger partial charge is 0.265 e. The lowest BCUT2D eigenvalue weighted by molar-refractivity contribution is 0.585. The summed E-state index contributed by atoms with van der Waals surface area (Å²) in [6.07, 6.45) is 4.24. The Morgan fingerprint density at radius 1 is 1.12 bits per heavy atom. The second kappa shape index (κ2) is 10.4. The van der Waals surface area contributed by atoms with Crippen LogP contribution in [0.2, 0.25) is 0 Å². The Bertz CT molecular complexity index is 2060. The van der Waals surface area contributed by atoms with E-state index < -0.39 is 6.04 Å². The molecule has 3 N–H and O–H groups in total. The number of rotatable bonds is 6. The van der Waals surface area contributed by atoms with Crippen LogP contribution in [0.5, 0.6) is 0 Å². The van der Waals surface area contributed by atoms with Gasteiger partial charge in [0.2, 0.25) is 0 Å². The van der Waals surface area contributed by atoms with Crippen LogP contribution in [0.4, 0.5) is 16.0 Å². The molecule has 4 heterocycles. The van der Waals surface area contributed by atoms with Gasteiger partial charge < -0.3 is 11.1 Å². The Labute approximate surface area is 237 Å². The first-order valence-electron chi connectivity index (χ1n) is 12.7. The van der Waals surface area contributed by atoms with Gasteiger partial charge in [-0.15, -0.1) is 11.3 Å². The van der Waals surface area contributed by atoms with Crippen LogP contribution in [-0.4, -0.2) is 24.5 Å². The topological polar surface area (TPSA) is 135 Å². The number of halogens is 1. The van der Waals surface area contributed by atoms with Crippen molar-refractivity contribution in [3.05, 3.63) is 105 Å². The number of nitrogens with two attached hydrogens (primary N) is 1. The molecule has 6 aromatic rings. The van der Waals surface area contributed by atoms with E-state index in [0.29, 0.717) is 29.3 Å². The van der Waals surface area contributed by atoms with E-state index in [-0.39, 0.29) is 27.8 Å². The number of aryl methyl sites for hydroxylation is 1. The van der Waals surface area contributed by atoms with E-state index in [4.69, 9.17) is 5.73 Å². The monoisotopic (exact) mass is 562 g/mol. The number of nitrogen functional groups attached to an aromatic ring is 1. The van der Waals surface area contributed by atoms with Gasteiger partial charge in [-0.2, -0.15) is 5.26 Å². The largest absolute Gasteiger partial charge is 0.383 e. The molecule has 0 spiro atoms. The summed E-state index contributed by atoms with van der Waals surface area (Å²) in [5.41, 5.74) is 9.04. The number of pyridine rings is 1. The van der Waals surface area contributed by atoms with Crippen molar-refractivity contribution in [1.29, 1.82) is 5.26 Å². The van der Waals surface area contributed by atoms with Gasteiger partial charge in [-0.25, -0.2) is 24.3 Å². The highest BCUT2D eigenvalue weighted by Gasteiger charge is 2.19. The molecule has 0 aliphatic rings. The lowest BCUT2D eigenvalue weighted by Gasteiger charge is -2.17. The highest BCUT2D eigenvalue weighted by molar-refractivity contribution is 7.15. The first-order valence-corrected chi connectivity index (χ1v) is 13.5. The molecule has 41 heavy (non-hydrogen) atoms. The molecule has 9 nitrogen and oxygen atoms in total. The van der Waals surface area contributed by atoms with E-state index in [1.807, 2.05) is 30.3 Å². The molecule has 6 rings (SSSR count). The zero-order valence-corrected chi connectivity index (χ0v) is 22.9. The van der Waals surface area contributed by atoms with Crippen molar-refractivity contribution in [1.82, 2.24) is 24.5 Å². The first-order chi connectivity index (χ1) is 19.8. The van der Waals surface area contributed by atoms with E-state index >= 15 is 0 Å². The van der Waals surface area contributed by atoms with E-state index in [0.717, 1.165) is 26.2 Å². The standard InChI is InChI=1S/C30H23FN8OS/c1-16-3-4-18(10-23(16)31)17(2)39-15-38-27-20(11-32)12-34-29(26(27)30(39)40)35-13-21-6-8-25(41-21)19-5-7-24-22(9-19)28(33)37-14-36-24/h3-10,12,14-15,17H,13H2,1-2H3,(H,34,35)(H2,33,36,37)/t17-/m0/s1. The summed E-state index contributed by atoms with van der Waals surface area (Å²) in [6, 6.07) is 16.3. The average molecular weight is 563 g/mol. The number of nitriles is 1. The lowest BCUT2D eigenvalue weighted by atomic mass is 10.1. The summed E-state index contributed by atoms with van der Waals surface area (Å²) < 4.78 is 15.7. The molecule has 0 saturated carbocycles. The van der Waals surface area contributed by atoms with Crippen molar-refractivity contribution in [2.45, 2.75) is 26.4 Å². The molecule has 0 unspecified atom stereocenters. The van der Waals surface area contributed by atoms with Crippen molar-refractivity contribution in [2.24, 2.45) is 0 Å². The molecule has 0 radical (unpaired) electrons. The van der Waals surface area contributed by atoms with Gasteiger partial charge in [0.15, 0.2) is 0 Å². The maximum Gasteiger partial charge on any atom is 0.265 e. The van der Waals surface area contributed by atoms with Crippen LogP contribution in [0.25, 0.3) is 32.2 Å². The summed E-state index contributed by atoms with van der Waals surface area (Å²) in [5.74, 6) is 0.400. The van der Waals surface area contributed by atoms with Gasteiger partial charge in [0.1, 0.15) is 40.8 Å². The summed E-state index contributed by atoms with van der Waals surface area (Å²) in [7, 11) is 0. The Balaban J connectivity index is 1.32. The van der Waals surface area contributed by atoms with Crippen molar-refractivity contribution >= 4 is 44.8 Å². The van der Waals surface area contributed by atoms with Gasteiger partial charge in [-0.05, 0) is 60.9 Å². The minimum absolute atomic E-state index is 0.196. The molecular formula is C30H23FN8OS. The molecule has 0 aliphatic heterocycles. The quantitative estimate of drug-likeness (QED) is 0.268. The molecule has 11 heteroatoms. The van der Waals surface area contributed by atoms with Crippen molar-refractivity contribution in [3.8, 4) is 16.5 Å². The Morgan fingerprint density at radius 2 is 1.98 bits per heavy atom. The Hall–Kier alpha value is -5.21. The predicted molar refractivity (Wildman–Crippen MR) is 158 cm³/mol. The number of benzene rings is 2. The van der Waals surface area contributed by atoms with Crippen LogP contribution in [0.15, 0.2) is 72.2 Å². The second-order valence-corrected chi connectivity index (χ2v) is 10.8. The zero-order chi connectivity index (χ0) is 28.7. The van der Waals surface area contributed by atoms with Gasteiger partial charge in [-0.3, -0.25) is 9.36 Å². The zero-order valence-electron chi connectivity index (χ0n) is 22.1. The number of hydrogen-bond donors (Lipinski definition) is 2. The molecule has 0 aliphatic carbocycles. The predicted octanol–water partition coefficient (Wildman–Crippen LogP) is 5.59. The molecule has 0 bridgehead atoms. The van der Waals surface area contributed by atoms with Crippen LogP contribution >= 0.6 is 11.3 Å². The molecular weight excluding hydrogens is 539 g/mol. The third-order valence-corrected chi connectivity index (χ3v) is 8.20. The van der Waals surface area contributed by atoms with E-state index in [1.165, 1.54) is 29.5 Å². The number of aromatic nitrogens is 5. The highest BCUT2D eigenvalue weighted by atomic mass is 32.1. The minimum atomic E-state index is -0.491. The summed E-state index contributed by atoms with van der Waals surface area (Å²) in [6.45, 7) is 3.88. The van der Waals surface area contributed by atoms with Crippen LogP contribution in [0, 0.1) is 24.1 Å². The molecule has 202 valence electrons. The molecule has 0 amide bonds. The van der Waals surface area contributed by atoms with Gasteiger partial charge in [0.05, 0.1) is 30.0 Å². The number of thiophene rings is 1. The van der Waals surface area contributed by atoms with Gasteiger partial charge in [0, 0.05) is 21.3 Å². The van der Waals surface area contributed by atoms with Crippen LogP contribution in [0.1, 0.15) is 34.5 Å². The normalized spacial score (nSPS) is 12.0. The van der Waals surface area contributed by atoms with E-state index in [9.17, 15) is 14.4 Å². The average Bonchev–Trinajstić information content (AvgIpc) is 3.46. The fourth-order valence-corrected chi connectivity index (χ4v) is 5.63. The van der Waals surface area contributed by atoms with Crippen molar-refractivity contribution < 1.29 is 4.39 Å². The Morgan fingerprint density at radius 3 is 2.78 bits per heavy atom. The third kappa shape index (κ3) is 4.74. The maximum atomic E-state index is 14.3. The van der Waals surface area contributed by atoms with E-state index in [1.54, 1.807) is 37.3 Å². The fourth-order valence-electron chi connectivity index (χ4n) is 4.69. The van der Waals surface area contributed by atoms with Gasteiger partial charge >= 0.3 is 0 Å². The molecule has 1 atom stereocenters. The summed E-state index contributed by atoms with van der Waals surface area (Å²) in [5, 5.41) is 13.9. The minimum Gasteiger partial charge on any atom is -0.383 e. The van der Waals surface area contributed by atoms with Gasteiger partial charge in [-0.1, -0.05) is 18.2 Å². The maximum absolute atomic E-state index is 14.3. The number of nitrogens with one attached hydrogen (secondary N) is 1. The molecule has 0 saturated heterocycles. The third-order valence-electron chi connectivity index (χ3n) is 7.07. The Kier molecular flexibility index (Phi) is 6.61. The van der Waals surface area contributed by atoms with Crippen molar-refractivity contribution in [3.63, 3.8) is 0 Å². The second-order valence-electron chi connectivity index (χ2n) is 9.61. The lowest BCUT2D eigenvalue weighted by Crippen LogP contribution is -2.26. The van der Waals surface area contributed by atoms with Gasteiger partial charge in [0.25, 0.3) is 5.56 Å². The number of fused-ring (bicyclic) bond motifs is 2. The summed E-state index contributed by atoms with van der Waals surface area (Å²) in [4.78, 5) is 32.9. The van der Waals surface area contributed by atoms with Crippen LogP contribution < -0.4 is 16.6 Å². The number of nitrogens with zero attached hydrogens (tertiary/aromatic N) is 6. The fraction of sp³-hybridized carbons (Fsp3) is 0.133. The first kappa shape index (κ1) is 26.0. The molecule has 2 aromatic carbocycles. The molecule has 4 aromatic heterocycles. The summed E-state index contributed by atoms with van der Waals surface area (Å²) >= 11 is 1.59. The SMILES string of the molecule is Cc1ccc([C@H](C)n2cnc3c(C#N)cnc(NCc4ccc(-c5ccc6ncnc(N)c6c5)s4)c3c2=O)cc1F. The number of hydrogen-bond acceptors (Lipinski definition) is 9. The number of anilines is 2. The van der Waals surface area contributed by atoms with Crippen molar-refractivity contribution in [2.75, 3.05) is 11.1 Å². The van der Waals surface area contributed by atoms with Crippen LogP contribution in [-0.2, 0) is 6.54 Å². The highest BCUT2D eigenvalue weighted by Crippen LogP contribution is 2.32. The van der Waals surface area contributed by atoms with Crippen LogP contribution in [0.3, 0.4) is 0 Å². The van der Waals surface area contributed by atoms with E-state index in [2.05, 4.69) is 31.3 Å². The molecule has 0 fully saturated rings.